The van der Waals surface area contributed by atoms with Crippen LogP contribution >= 0.6 is 15.9 Å². The molecule has 0 bridgehead atoms. The monoisotopic (exact) mass is 255 g/mol. The maximum atomic E-state index is 3.56. The van der Waals surface area contributed by atoms with Gasteiger partial charge in [0.05, 0.1) is 0 Å². The molecule has 14 heavy (non-hydrogen) atoms. The summed E-state index contributed by atoms with van der Waals surface area (Å²) in [6.45, 7) is 2.22. The number of benzene rings is 1. The Bertz CT molecular complexity index is 273. The Labute approximate surface area is 95.0 Å². The third-order valence-corrected chi connectivity index (χ3v) is 3.31. The van der Waals surface area contributed by atoms with Gasteiger partial charge in [0.2, 0.25) is 0 Å². The molecule has 0 saturated heterocycles. The van der Waals surface area contributed by atoms with Crippen molar-refractivity contribution in [1.82, 2.24) is 5.32 Å². The van der Waals surface area contributed by atoms with E-state index in [1.165, 1.54) is 22.9 Å². The van der Waals surface area contributed by atoms with Gasteiger partial charge in [-0.3, -0.25) is 0 Å². The molecule has 0 aliphatic heterocycles. The zero-order chi connectivity index (χ0) is 10.4. The molecule has 2 heteroatoms. The molecule has 1 unspecified atom stereocenters. The van der Waals surface area contributed by atoms with Crippen LogP contribution in [0.5, 0.6) is 0 Å². The average molecular weight is 256 g/mol. The SMILES string of the molecule is CNC(C)CCCc1ccccc1Br. The van der Waals surface area contributed by atoms with Gasteiger partial charge in [-0.05, 0) is 44.9 Å². The van der Waals surface area contributed by atoms with Crippen molar-refractivity contribution in [2.24, 2.45) is 0 Å². The van der Waals surface area contributed by atoms with E-state index in [0.717, 1.165) is 6.42 Å². The highest BCUT2D eigenvalue weighted by Gasteiger charge is 2.00. The van der Waals surface area contributed by atoms with Crippen molar-refractivity contribution in [3.05, 3.63) is 34.3 Å². The van der Waals surface area contributed by atoms with Crippen LogP contribution in [-0.2, 0) is 6.42 Å². The van der Waals surface area contributed by atoms with Crippen LogP contribution in [0.3, 0.4) is 0 Å². The molecule has 0 aliphatic rings. The highest BCUT2D eigenvalue weighted by atomic mass is 79.9. The molecule has 0 fully saturated rings. The van der Waals surface area contributed by atoms with E-state index < -0.39 is 0 Å². The third kappa shape index (κ3) is 3.81. The number of nitrogens with one attached hydrogen (secondary N) is 1. The van der Waals surface area contributed by atoms with E-state index in [1.807, 2.05) is 7.05 Å². The predicted octanol–water partition coefficient (Wildman–Crippen LogP) is 3.38. The second-order valence-corrected chi connectivity index (χ2v) is 4.53. The number of rotatable bonds is 5. The lowest BCUT2D eigenvalue weighted by molar-refractivity contribution is 0.542. The van der Waals surface area contributed by atoms with Gasteiger partial charge in [0.25, 0.3) is 0 Å². The van der Waals surface area contributed by atoms with E-state index in [9.17, 15) is 0 Å². The molecule has 78 valence electrons. The van der Waals surface area contributed by atoms with E-state index >= 15 is 0 Å². The fraction of sp³-hybridized carbons (Fsp3) is 0.500. The molecule has 1 rings (SSSR count). The summed E-state index contributed by atoms with van der Waals surface area (Å²) in [4.78, 5) is 0. The lowest BCUT2D eigenvalue weighted by Gasteiger charge is -2.09. The van der Waals surface area contributed by atoms with Crippen LogP contribution in [-0.4, -0.2) is 13.1 Å². The van der Waals surface area contributed by atoms with Gasteiger partial charge < -0.3 is 5.32 Å². The quantitative estimate of drug-likeness (QED) is 0.851. The van der Waals surface area contributed by atoms with Crippen LogP contribution in [0.15, 0.2) is 28.7 Å². The van der Waals surface area contributed by atoms with Gasteiger partial charge in [-0.1, -0.05) is 34.1 Å². The summed E-state index contributed by atoms with van der Waals surface area (Å²) in [7, 11) is 2.02. The first kappa shape index (κ1) is 11.7. The zero-order valence-electron chi connectivity index (χ0n) is 8.89. The Kier molecular flexibility index (Phi) is 5.20. The van der Waals surface area contributed by atoms with Crippen molar-refractivity contribution in [3.63, 3.8) is 0 Å². The van der Waals surface area contributed by atoms with Crippen molar-refractivity contribution in [1.29, 1.82) is 0 Å². The van der Waals surface area contributed by atoms with Crippen LogP contribution in [0.25, 0.3) is 0 Å². The van der Waals surface area contributed by atoms with Gasteiger partial charge in [0, 0.05) is 10.5 Å². The first-order valence-corrected chi connectivity index (χ1v) is 5.94. The lowest BCUT2D eigenvalue weighted by atomic mass is 10.1. The van der Waals surface area contributed by atoms with Gasteiger partial charge >= 0.3 is 0 Å². The Balaban J connectivity index is 2.35. The molecular formula is C12H18BrN. The van der Waals surface area contributed by atoms with Gasteiger partial charge in [-0.15, -0.1) is 0 Å². The molecule has 1 atom stereocenters. The first-order valence-electron chi connectivity index (χ1n) is 5.14. The lowest BCUT2D eigenvalue weighted by Crippen LogP contribution is -2.20. The van der Waals surface area contributed by atoms with E-state index in [4.69, 9.17) is 0 Å². The highest BCUT2D eigenvalue weighted by Crippen LogP contribution is 2.18. The summed E-state index contributed by atoms with van der Waals surface area (Å²) in [5, 5.41) is 3.25. The summed E-state index contributed by atoms with van der Waals surface area (Å²) in [5.41, 5.74) is 1.41. The second-order valence-electron chi connectivity index (χ2n) is 3.67. The molecule has 1 nitrogen and oxygen atoms in total. The van der Waals surface area contributed by atoms with E-state index in [0.29, 0.717) is 6.04 Å². The van der Waals surface area contributed by atoms with Gasteiger partial charge in [-0.25, -0.2) is 0 Å². The van der Waals surface area contributed by atoms with Gasteiger partial charge in [-0.2, -0.15) is 0 Å². The van der Waals surface area contributed by atoms with Crippen molar-refractivity contribution in [2.45, 2.75) is 32.2 Å². The second kappa shape index (κ2) is 6.20. The minimum atomic E-state index is 0.623. The van der Waals surface area contributed by atoms with Crippen molar-refractivity contribution < 1.29 is 0 Å². The van der Waals surface area contributed by atoms with Gasteiger partial charge in [0.1, 0.15) is 0 Å². The van der Waals surface area contributed by atoms with E-state index in [2.05, 4.69) is 52.4 Å². The third-order valence-electron chi connectivity index (χ3n) is 2.53. The smallest absolute Gasteiger partial charge is 0.0207 e. The minimum Gasteiger partial charge on any atom is -0.317 e. The number of halogens is 1. The predicted molar refractivity (Wildman–Crippen MR) is 65.6 cm³/mol. The van der Waals surface area contributed by atoms with Crippen molar-refractivity contribution in [3.8, 4) is 0 Å². The molecule has 0 heterocycles. The maximum absolute atomic E-state index is 3.56. The molecule has 0 aliphatic carbocycles. The standard InChI is InChI=1S/C12H18BrN/c1-10(14-2)6-5-8-11-7-3-4-9-12(11)13/h3-4,7,9-10,14H,5-6,8H2,1-2H3. The molecule has 0 amide bonds. The van der Waals surface area contributed by atoms with Crippen molar-refractivity contribution in [2.75, 3.05) is 7.05 Å². The van der Waals surface area contributed by atoms with Crippen molar-refractivity contribution >= 4 is 15.9 Å². The van der Waals surface area contributed by atoms with Crippen LogP contribution in [0, 0.1) is 0 Å². The number of hydrogen-bond acceptors (Lipinski definition) is 1. The Morgan fingerprint density at radius 2 is 2.07 bits per heavy atom. The van der Waals surface area contributed by atoms with Gasteiger partial charge in [0.15, 0.2) is 0 Å². The maximum Gasteiger partial charge on any atom is 0.0207 e. The molecule has 1 N–H and O–H groups in total. The van der Waals surface area contributed by atoms with Crippen LogP contribution in [0.4, 0.5) is 0 Å². The van der Waals surface area contributed by atoms with Crippen LogP contribution < -0.4 is 5.32 Å². The molecular weight excluding hydrogens is 238 g/mol. The van der Waals surface area contributed by atoms with Crippen LogP contribution in [0.2, 0.25) is 0 Å². The Hall–Kier alpha value is -0.340. The molecule has 1 aromatic carbocycles. The largest absolute Gasteiger partial charge is 0.317 e. The van der Waals surface area contributed by atoms with Crippen LogP contribution in [0.1, 0.15) is 25.3 Å². The molecule has 1 aromatic rings. The average Bonchev–Trinajstić information content (AvgIpc) is 2.20. The molecule has 0 aromatic heterocycles. The Morgan fingerprint density at radius 3 is 2.71 bits per heavy atom. The summed E-state index contributed by atoms with van der Waals surface area (Å²) in [5.74, 6) is 0. The zero-order valence-corrected chi connectivity index (χ0v) is 10.5. The van der Waals surface area contributed by atoms with E-state index in [-0.39, 0.29) is 0 Å². The summed E-state index contributed by atoms with van der Waals surface area (Å²) in [6, 6.07) is 9.08. The fourth-order valence-corrected chi connectivity index (χ4v) is 1.93. The topological polar surface area (TPSA) is 12.0 Å². The Morgan fingerprint density at radius 1 is 1.36 bits per heavy atom. The minimum absolute atomic E-state index is 0.623. The fourth-order valence-electron chi connectivity index (χ4n) is 1.44. The highest BCUT2D eigenvalue weighted by molar-refractivity contribution is 9.10. The number of aryl methyl sites for hydroxylation is 1. The van der Waals surface area contributed by atoms with E-state index in [1.54, 1.807) is 0 Å². The summed E-state index contributed by atoms with van der Waals surface area (Å²) >= 11 is 3.56. The molecule has 0 spiro atoms. The first-order chi connectivity index (χ1) is 6.74. The summed E-state index contributed by atoms with van der Waals surface area (Å²) < 4.78 is 1.23. The normalized spacial score (nSPS) is 12.8. The summed E-state index contributed by atoms with van der Waals surface area (Å²) in [6.07, 6.45) is 3.63. The number of hydrogen-bond donors (Lipinski definition) is 1. The molecule has 0 saturated carbocycles. The molecule has 0 radical (unpaired) electrons.